The van der Waals surface area contributed by atoms with Crippen LogP contribution < -0.4 is 5.32 Å². The van der Waals surface area contributed by atoms with Crippen LogP contribution in [0.3, 0.4) is 0 Å². The number of fused-ring (bicyclic) bond motifs is 1. The van der Waals surface area contributed by atoms with Gasteiger partial charge in [-0.1, -0.05) is 42.5 Å². The van der Waals surface area contributed by atoms with Crippen molar-refractivity contribution >= 4 is 33.2 Å². The fraction of sp³-hybridized carbons (Fsp3) is 0.118. The van der Waals surface area contributed by atoms with Crippen LogP contribution in [0.4, 0.5) is 5.69 Å². The van der Waals surface area contributed by atoms with Gasteiger partial charge in [0.1, 0.15) is 5.55 Å². The summed E-state index contributed by atoms with van der Waals surface area (Å²) >= 11 is 0. The van der Waals surface area contributed by atoms with Crippen molar-refractivity contribution in [3.63, 3.8) is 0 Å². The number of benzene rings is 2. The van der Waals surface area contributed by atoms with Crippen molar-refractivity contribution in [1.29, 1.82) is 0 Å². The Kier molecular flexibility index (Phi) is 4.34. The van der Waals surface area contributed by atoms with Gasteiger partial charge in [0.25, 0.3) is 0 Å². The molecule has 2 aromatic rings. The van der Waals surface area contributed by atoms with E-state index in [1.807, 2.05) is 54.6 Å². The van der Waals surface area contributed by atoms with Crippen LogP contribution in [0.1, 0.15) is 5.56 Å². The molecule has 111 valence electrons. The van der Waals surface area contributed by atoms with E-state index in [1.165, 1.54) is 0 Å². The summed E-state index contributed by atoms with van der Waals surface area (Å²) in [5.74, 6) is -0.154. The zero-order valence-electron chi connectivity index (χ0n) is 11.8. The molecule has 5 heteroatoms. The van der Waals surface area contributed by atoms with Gasteiger partial charge in [-0.05, 0) is 17.7 Å². The van der Waals surface area contributed by atoms with E-state index < -0.39 is 10.9 Å². The lowest BCUT2D eigenvalue weighted by Crippen LogP contribution is -2.30. The number of nitrogens with one attached hydrogen (secondary N) is 1. The van der Waals surface area contributed by atoms with Crippen LogP contribution >= 0.6 is 10.9 Å². The van der Waals surface area contributed by atoms with Gasteiger partial charge >= 0.3 is 0 Å². The molecule has 0 bridgehead atoms. The van der Waals surface area contributed by atoms with Gasteiger partial charge in [0.15, 0.2) is 5.12 Å². The van der Waals surface area contributed by atoms with E-state index in [0.29, 0.717) is 0 Å². The molecule has 0 aromatic heterocycles. The van der Waals surface area contributed by atoms with Crippen molar-refractivity contribution in [3.8, 4) is 0 Å². The van der Waals surface area contributed by atoms with E-state index in [2.05, 4.69) is 15.9 Å². The lowest BCUT2D eigenvalue weighted by atomic mass is 10.1. The largest absolute Gasteiger partial charge is 0.348 e. The van der Waals surface area contributed by atoms with Crippen LogP contribution in [0.5, 0.6) is 0 Å². The van der Waals surface area contributed by atoms with Gasteiger partial charge in [0, 0.05) is 4.90 Å². The van der Waals surface area contributed by atoms with Gasteiger partial charge in [-0.3, -0.25) is 9.59 Å². The second-order valence-electron chi connectivity index (χ2n) is 4.87. The Morgan fingerprint density at radius 1 is 1.05 bits per heavy atom. The minimum atomic E-state index is -1.18. The second kappa shape index (κ2) is 6.58. The predicted molar refractivity (Wildman–Crippen MR) is 89.0 cm³/mol. The van der Waals surface area contributed by atoms with Crippen molar-refractivity contribution in [1.82, 2.24) is 5.32 Å². The van der Waals surface area contributed by atoms with E-state index in [9.17, 15) is 9.59 Å². The van der Waals surface area contributed by atoms with Crippen LogP contribution in [-0.4, -0.2) is 23.1 Å². The molecular weight excluding hydrogens is 296 g/mol. The molecule has 3 rings (SSSR count). The first-order valence-corrected chi connectivity index (χ1v) is 8.27. The summed E-state index contributed by atoms with van der Waals surface area (Å²) in [7, 11) is -1.18. The third kappa shape index (κ3) is 3.26. The summed E-state index contributed by atoms with van der Waals surface area (Å²) in [6.45, 7) is 0.0220. The van der Waals surface area contributed by atoms with E-state index in [4.69, 9.17) is 0 Å². The average molecular weight is 311 g/mol. The SMILES string of the molecule is O=C(Cc1ccccc1)NCC(=O)[SH]1[C]=Nc2ccccc21. The Bertz CT molecular complexity index is 728. The number of para-hydroxylation sites is 1. The summed E-state index contributed by atoms with van der Waals surface area (Å²) in [5, 5.41) is 2.65. The monoisotopic (exact) mass is 311 g/mol. The van der Waals surface area contributed by atoms with E-state index in [1.54, 1.807) is 0 Å². The fourth-order valence-electron chi connectivity index (χ4n) is 2.19. The highest BCUT2D eigenvalue weighted by atomic mass is 32.2. The van der Waals surface area contributed by atoms with Crippen LogP contribution in [-0.2, 0) is 16.0 Å². The summed E-state index contributed by atoms with van der Waals surface area (Å²) in [6, 6.07) is 17.0. The van der Waals surface area contributed by atoms with Crippen molar-refractivity contribution < 1.29 is 9.59 Å². The Hall–Kier alpha value is -2.40. The summed E-state index contributed by atoms with van der Waals surface area (Å²) in [5.41, 5.74) is 4.62. The predicted octanol–water partition coefficient (Wildman–Crippen LogP) is 2.48. The molecule has 1 N–H and O–H groups in total. The number of thiol groups is 1. The number of nitrogens with zero attached hydrogens (tertiary/aromatic N) is 1. The van der Waals surface area contributed by atoms with Gasteiger partial charge in [-0.2, -0.15) is 0 Å². The Labute approximate surface area is 131 Å². The van der Waals surface area contributed by atoms with E-state index in [0.717, 1.165) is 16.1 Å². The smallest absolute Gasteiger partial charge is 0.224 e. The summed E-state index contributed by atoms with van der Waals surface area (Å²) < 4.78 is 0. The Morgan fingerprint density at radius 2 is 1.77 bits per heavy atom. The molecule has 0 saturated heterocycles. The standard InChI is InChI=1S/C17H15N2O2S/c20-16(10-13-6-2-1-3-7-13)18-11-17(21)22-12-19-14-8-4-5-9-15(14)22/h1-9,22H,10-11H2,(H,18,20). The molecule has 0 saturated carbocycles. The molecule has 2 aromatic carbocycles. The first kappa shape index (κ1) is 14.5. The van der Waals surface area contributed by atoms with E-state index in [-0.39, 0.29) is 24.0 Å². The van der Waals surface area contributed by atoms with Gasteiger partial charge in [-0.25, -0.2) is 4.99 Å². The highest BCUT2D eigenvalue weighted by molar-refractivity contribution is 8.40. The normalized spacial score (nSPS) is 17.0. The van der Waals surface area contributed by atoms with E-state index >= 15 is 0 Å². The number of amides is 1. The zero-order chi connectivity index (χ0) is 15.4. The number of hydrogen-bond donors (Lipinski definition) is 2. The van der Waals surface area contributed by atoms with Crippen molar-refractivity contribution in [2.24, 2.45) is 4.99 Å². The molecule has 1 atom stereocenters. The molecular formula is C17H15N2O2S. The minimum absolute atomic E-state index is 0.0220. The van der Waals surface area contributed by atoms with Crippen LogP contribution in [0.15, 0.2) is 64.5 Å². The maximum atomic E-state index is 12.3. The lowest BCUT2D eigenvalue weighted by Gasteiger charge is -2.12. The quantitative estimate of drug-likeness (QED) is 0.852. The molecule has 1 radical (unpaired) electrons. The summed E-state index contributed by atoms with van der Waals surface area (Å²) in [6.07, 6.45) is 0.278. The van der Waals surface area contributed by atoms with Crippen LogP contribution in [0.2, 0.25) is 0 Å². The maximum Gasteiger partial charge on any atom is 0.224 e. The third-order valence-corrected chi connectivity index (χ3v) is 5.10. The van der Waals surface area contributed by atoms with Gasteiger partial charge in [0.2, 0.25) is 5.91 Å². The Balaban J connectivity index is 1.55. The molecule has 0 fully saturated rings. The molecule has 1 unspecified atom stereocenters. The van der Waals surface area contributed by atoms with Crippen LogP contribution in [0.25, 0.3) is 0 Å². The van der Waals surface area contributed by atoms with Gasteiger partial charge < -0.3 is 5.32 Å². The first-order valence-electron chi connectivity index (χ1n) is 6.93. The van der Waals surface area contributed by atoms with Crippen LogP contribution in [0, 0.1) is 0 Å². The zero-order valence-corrected chi connectivity index (χ0v) is 12.7. The number of rotatable bonds is 4. The first-order chi connectivity index (χ1) is 10.7. The Morgan fingerprint density at radius 3 is 2.59 bits per heavy atom. The molecule has 0 spiro atoms. The molecule has 1 heterocycles. The number of aliphatic imine (C=N–C) groups is 1. The molecule has 4 nitrogen and oxygen atoms in total. The fourth-order valence-corrected chi connectivity index (χ4v) is 3.71. The molecule has 1 amide bonds. The molecule has 1 aliphatic rings. The van der Waals surface area contributed by atoms with Gasteiger partial charge in [-0.15, -0.1) is 10.9 Å². The molecule has 0 aliphatic carbocycles. The van der Waals surface area contributed by atoms with Crippen molar-refractivity contribution in [2.45, 2.75) is 11.3 Å². The topological polar surface area (TPSA) is 58.5 Å². The third-order valence-electron chi connectivity index (χ3n) is 3.29. The molecule has 22 heavy (non-hydrogen) atoms. The number of hydrogen-bond acceptors (Lipinski definition) is 3. The van der Waals surface area contributed by atoms with Crippen molar-refractivity contribution in [3.05, 3.63) is 60.2 Å². The maximum absolute atomic E-state index is 12.3. The number of carbonyl (C=O) groups is 2. The average Bonchev–Trinajstić information content (AvgIpc) is 2.98. The van der Waals surface area contributed by atoms with Gasteiger partial charge in [0.05, 0.1) is 18.7 Å². The summed E-state index contributed by atoms with van der Waals surface area (Å²) in [4.78, 5) is 29.2. The highest BCUT2D eigenvalue weighted by Crippen LogP contribution is 2.45. The minimum Gasteiger partial charge on any atom is -0.348 e. The second-order valence-corrected chi connectivity index (χ2v) is 6.72. The van der Waals surface area contributed by atoms with Crippen molar-refractivity contribution in [2.75, 3.05) is 6.54 Å². The lowest BCUT2D eigenvalue weighted by molar-refractivity contribution is -0.122. The molecule has 1 aliphatic heterocycles. The highest BCUT2D eigenvalue weighted by Gasteiger charge is 2.22. The number of carbonyl (C=O) groups excluding carboxylic acids is 2.